The topological polar surface area (TPSA) is 18.5 Å². The number of hydrogen-bond acceptors (Lipinski definition) is 3. The Hall–Kier alpha value is -0.150. The Kier molecular flexibility index (Phi) is 2.74. The Bertz CT molecular complexity index is 183. The summed E-state index contributed by atoms with van der Waals surface area (Å²) in [5.74, 6) is 0. The van der Waals surface area contributed by atoms with Crippen LogP contribution in [0.3, 0.4) is 0 Å². The highest BCUT2D eigenvalue weighted by Gasteiger charge is 2.33. The first-order valence-corrected chi connectivity index (χ1v) is 4.65. The molecule has 70 valence electrons. The zero-order valence-electron chi connectivity index (χ0n) is 8.09. The molecule has 3 heteroatoms. The molecular formula is C9H16O2S. The Morgan fingerprint density at radius 1 is 1.42 bits per heavy atom. The third kappa shape index (κ3) is 2.42. The average Bonchev–Trinajstić information content (AvgIpc) is 1.82. The Morgan fingerprint density at radius 3 is 2.42 bits per heavy atom. The summed E-state index contributed by atoms with van der Waals surface area (Å²) in [6.45, 7) is 8.27. The van der Waals surface area contributed by atoms with Crippen LogP contribution in [0.1, 0.15) is 34.1 Å². The van der Waals surface area contributed by atoms with Crippen molar-refractivity contribution in [1.82, 2.24) is 0 Å². The largest absolute Gasteiger partial charge is 0.458 e. The highest BCUT2D eigenvalue weighted by Crippen LogP contribution is 2.28. The lowest BCUT2D eigenvalue weighted by Crippen LogP contribution is -2.41. The predicted octanol–water partition coefficient (Wildman–Crippen LogP) is 2.51. The molecule has 0 N–H and O–H groups in total. The molecule has 0 aromatic carbocycles. The summed E-state index contributed by atoms with van der Waals surface area (Å²) >= 11 is 5.03. The zero-order valence-corrected chi connectivity index (χ0v) is 8.90. The van der Waals surface area contributed by atoms with Crippen molar-refractivity contribution in [3.8, 4) is 0 Å². The number of rotatable bonds is 0. The van der Waals surface area contributed by atoms with Crippen molar-refractivity contribution < 1.29 is 9.47 Å². The molecule has 0 amide bonds. The highest BCUT2D eigenvalue weighted by atomic mass is 32.1. The highest BCUT2D eigenvalue weighted by molar-refractivity contribution is 7.80. The Morgan fingerprint density at radius 2 is 2.00 bits per heavy atom. The molecule has 2 atom stereocenters. The summed E-state index contributed by atoms with van der Waals surface area (Å²) < 4.78 is 11.0. The van der Waals surface area contributed by atoms with E-state index in [9.17, 15) is 0 Å². The van der Waals surface area contributed by atoms with E-state index in [2.05, 4.69) is 20.8 Å². The van der Waals surface area contributed by atoms with Crippen LogP contribution in [0.5, 0.6) is 0 Å². The van der Waals surface area contributed by atoms with Gasteiger partial charge in [0.1, 0.15) is 0 Å². The van der Waals surface area contributed by atoms with Crippen molar-refractivity contribution in [2.75, 3.05) is 0 Å². The third-order valence-corrected chi connectivity index (χ3v) is 2.02. The van der Waals surface area contributed by atoms with Gasteiger partial charge in [0.05, 0.1) is 6.10 Å². The van der Waals surface area contributed by atoms with Gasteiger partial charge < -0.3 is 9.47 Å². The molecule has 12 heavy (non-hydrogen) atoms. The maximum atomic E-state index is 5.61. The normalized spacial score (nSPS) is 31.5. The van der Waals surface area contributed by atoms with Crippen LogP contribution in [-0.2, 0) is 9.47 Å². The van der Waals surface area contributed by atoms with E-state index in [0.717, 1.165) is 6.42 Å². The SMILES string of the molecule is CC1CC(=S)OC(C(C)(C)C)O1. The molecule has 1 fully saturated rings. The fourth-order valence-corrected chi connectivity index (χ4v) is 1.39. The van der Waals surface area contributed by atoms with Crippen LogP contribution in [0.15, 0.2) is 0 Å². The van der Waals surface area contributed by atoms with Crippen LogP contribution < -0.4 is 0 Å². The third-order valence-electron chi connectivity index (χ3n) is 1.76. The van der Waals surface area contributed by atoms with Gasteiger partial charge in [0, 0.05) is 11.8 Å². The standard InChI is InChI=1S/C9H16O2S/c1-6-5-7(12)11-8(10-6)9(2,3)4/h6,8H,5H2,1-4H3. The second kappa shape index (κ2) is 3.30. The van der Waals surface area contributed by atoms with Crippen LogP contribution in [0.2, 0.25) is 0 Å². The van der Waals surface area contributed by atoms with E-state index in [0.29, 0.717) is 5.05 Å². The van der Waals surface area contributed by atoms with E-state index in [1.807, 2.05) is 6.92 Å². The minimum Gasteiger partial charge on any atom is -0.458 e. The maximum Gasteiger partial charge on any atom is 0.205 e. The second-order valence-corrected chi connectivity index (χ2v) is 4.79. The maximum absolute atomic E-state index is 5.61. The molecule has 1 aliphatic heterocycles. The minimum absolute atomic E-state index is 0.00125. The average molecular weight is 188 g/mol. The van der Waals surface area contributed by atoms with Gasteiger partial charge in [-0.15, -0.1) is 0 Å². The summed E-state index contributed by atoms with van der Waals surface area (Å²) in [5.41, 5.74) is -0.00125. The van der Waals surface area contributed by atoms with Crippen LogP contribution in [0, 0.1) is 5.41 Å². The molecule has 0 spiro atoms. The number of ether oxygens (including phenoxy) is 2. The molecule has 2 nitrogen and oxygen atoms in total. The lowest BCUT2D eigenvalue weighted by Gasteiger charge is -2.36. The molecule has 0 bridgehead atoms. The molecule has 0 radical (unpaired) electrons. The van der Waals surface area contributed by atoms with Gasteiger partial charge in [0.15, 0.2) is 5.05 Å². The number of hydrogen-bond donors (Lipinski definition) is 0. The first-order chi connectivity index (χ1) is 5.39. The predicted molar refractivity (Wildman–Crippen MR) is 52.1 cm³/mol. The molecule has 2 unspecified atom stereocenters. The van der Waals surface area contributed by atoms with Gasteiger partial charge in [0.2, 0.25) is 6.29 Å². The summed E-state index contributed by atoms with van der Waals surface area (Å²) in [4.78, 5) is 0. The molecule has 0 saturated carbocycles. The van der Waals surface area contributed by atoms with Gasteiger partial charge in [-0.3, -0.25) is 0 Å². The fourth-order valence-electron chi connectivity index (χ4n) is 1.07. The molecule has 0 aromatic heterocycles. The van der Waals surface area contributed by atoms with Gasteiger partial charge in [-0.25, -0.2) is 0 Å². The van der Waals surface area contributed by atoms with Crippen LogP contribution in [0.25, 0.3) is 0 Å². The lowest BCUT2D eigenvalue weighted by molar-refractivity contribution is -0.190. The fraction of sp³-hybridized carbons (Fsp3) is 0.889. The van der Waals surface area contributed by atoms with Gasteiger partial charge in [0.25, 0.3) is 0 Å². The van der Waals surface area contributed by atoms with Crippen LogP contribution in [0.4, 0.5) is 0 Å². The van der Waals surface area contributed by atoms with Crippen molar-refractivity contribution in [2.45, 2.75) is 46.5 Å². The quantitative estimate of drug-likeness (QED) is 0.544. The van der Waals surface area contributed by atoms with E-state index in [-0.39, 0.29) is 17.8 Å². The van der Waals surface area contributed by atoms with Crippen molar-refractivity contribution in [2.24, 2.45) is 5.41 Å². The molecule has 1 rings (SSSR count). The molecular weight excluding hydrogens is 172 g/mol. The second-order valence-electron chi connectivity index (χ2n) is 4.34. The monoisotopic (exact) mass is 188 g/mol. The van der Waals surface area contributed by atoms with Gasteiger partial charge >= 0.3 is 0 Å². The van der Waals surface area contributed by atoms with E-state index in [1.54, 1.807) is 0 Å². The van der Waals surface area contributed by atoms with E-state index in [4.69, 9.17) is 21.7 Å². The molecule has 1 aliphatic rings. The first kappa shape index (κ1) is 9.93. The van der Waals surface area contributed by atoms with Crippen LogP contribution >= 0.6 is 12.2 Å². The van der Waals surface area contributed by atoms with Crippen LogP contribution in [-0.4, -0.2) is 17.4 Å². The minimum atomic E-state index is -0.186. The lowest BCUT2D eigenvalue weighted by atomic mass is 9.95. The summed E-state index contributed by atoms with van der Waals surface area (Å²) in [5, 5.41) is 0.675. The summed E-state index contributed by atoms with van der Waals surface area (Å²) in [6.07, 6.45) is 0.742. The van der Waals surface area contributed by atoms with Gasteiger partial charge in [-0.2, -0.15) is 0 Å². The van der Waals surface area contributed by atoms with Gasteiger partial charge in [-0.05, 0) is 19.1 Å². The zero-order chi connectivity index (χ0) is 9.35. The molecule has 1 saturated heterocycles. The van der Waals surface area contributed by atoms with Gasteiger partial charge in [-0.1, -0.05) is 20.8 Å². The smallest absolute Gasteiger partial charge is 0.205 e. The van der Waals surface area contributed by atoms with E-state index >= 15 is 0 Å². The van der Waals surface area contributed by atoms with Crippen molar-refractivity contribution in [3.63, 3.8) is 0 Å². The van der Waals surface area contributed by atoms with Crippen molar-refractivity contribution >= 4 is 17.3 Å². The molecule has 0 aliphatic carbocycles. The Labute approximate surface area is 79.2 Å². The first-order valence-electron chi connectivity index (χ1n) is 4.24. The Balaban J connectivity index is 2.62. The van der Waals surface area contributed by atoms with E-state index < -0.39 is 0 Å². The summed E-state index contributed by atoms with van der Waals surface area (Å²) in [7, 11) is 0. The number of thiocarbonyl (C=S) groups is 1. The van der Waals surface area contributed by atoms with Crippen molar-refractivity contribution in [3.05, 3.63) is 0 Å². The van der Waals surface area contributed by atoms with Crippen molar-refractivity contribution in [1.29, 1.82) is 0 Å². The molecule has 1 heterocycles. The summed E-state index contributed by atoms with van der Waals surface area (Å²) in [6, 6.07) is 0. The van der Waals surface area contributed by atoms with E-state index in [1.165, 1.54) is 0 Å². The molecule has 0 aromatic rings.